The van der Waals surface area contributed by atoms with Gasteiger partial charge in [0.15, 0.2) is 0 Å². The van der Waals surface area contributed by atoms with E-state index in [-0.39, 0.29) is 11.7 Å². The molecule has 6 heteroatoms. The topological polar surface area (TPSA) is 59.2 Å². The van der Waals surface area contributed by atoms with Crippen molar-refractivity contribution in [2.24, 2.45) is 0 Å². The van der Waals surface area contributed by atoms with E-state index in [0.29, 0.717) is 24.2 Å². The van der Waals surface area contributed by atoms with Crippen LogP contribution in [0.25, 0.3) is 11.5 Å². The molecule has 3 aromatic rings. The number of amides is 1. The predicted octanol–water partition coefficient (Wildman–Crippen LogP) is 4.19. The minimum absolute atomic E-state index is 0.0525. The standard InChI is InChI=1S/C20H21N3O2S/c1-3-23(13-16-9-5-4-6-10-16)18(24)14-26-20-22-21-19(25-20)17-11-7-8-15(2)12-17/h4-12H,3,13-14H2,1-2H3. The van der Waals surface area contributed by atoms with Crippen LogP contribution in [0.3, 0.4) is 0 Å². The first-order chi connectivity index (χ1) is 12.7. The van der Waals surface area contributed by atoms with Gasteiger partial charge in [-0.05, 0) is 31.5 Å². The number of hydrogen-bond donors (Lipinski definition) is 0. The second kappa shape index (κ2) is 8.67. The summed E-state index contributed by atoms with van der Waals surface area (Å²) in [4.78, 5) is 14.3. The summed E-state index contributed by atoms with van der Waals surface area (Å²) in [7, 11) is 0. The first-order valence-electron chi connectivity index (χ1n) is 8.50. The second-order valence-electron chi connectivity index (χ2n) is 5.92. The van der Waals surface area contributed by atoms with Crippen molar-refractivity contribution < 1.29 is 9.21 Å². The van der Waals surface area contributed by atoms with Gasteiger partial charge in [-0.1, -0.05) is 59.8 Å². The second-order valence-corrected chi connectivity index (χ2v) is 6.85. The lowest BCUT2D eigenvalue weighted by Crippen LogP contribution is -2.31. The Morgan fingerprint density at radius 2 is 1.92 bits per heavy atom. The number of hydrogen-bond acceptors (Lipinski definition) is 5. The average Bonchev–Trinajstić information content (AvgIpc) is 3.14. The summed E-state index contributed by atoms with van der Waals surface area (Å²) >= 11 is 1.27. The molecule has 0 aliphatic carbocycles. The fourth-order valence-corrected chi connectivity index (χ4v) is 3.22. The van der Waals surface area contributed by atoms with E-state index in [1.54, 1.807) is 0 Å². The molecule has 0 spiro atoms. The Hall–Kier alpha value is -2.60. The number of carbonyl (C=O) groups excluding carboxylic acids is 1. The van der Waals surface area contributed by atoms with Crippen LogP contribution in [-0.2, 0) is 11.3 Å². The molecule has 5 nitrogen and oxygen atoms in total. The Morgan fingerprint density at radius 1 is 1.12 bits per heavy atom. The normalized spacial score (nSPS) is 10.7. The van der Waals surface area contributed by atoms with E-state index >= 15 is 0 Å². The minimum atomic E-state index is 0.0525. The van der Waals surface area contributed by atoms with Gasteiger partial charge >= 0.3 is 0 Å². The Kier molecular flexibility index (Phi) is 6.07. The third-order valence-electron chi connectivity index (χ3n) is 3.94. The summed E-state index contributed by atoms with van der Waals surface area (Å²) in [6.07, 6.45) is 0. The Morgan fingerprint density at radius 3 is 2.65 bits per heavy atom. The highest BCUT2D eigenvalue weighted by molar-refractivity contribution is 7.99. The van der Waals surface area contributed by atoms with Crippen LogP contribution in [0, 0.1) is 6.92 Å². The van der Waals surface area contributed by atoms with Crippen molar-refractivity contribution in [3.63, 3.8) is 0 Å². The smallest absolute Gasteiger partial charge is 0.277 e. The molecule has 0 radical (unpaired) electrons. The van der Waals surface area contributed by atoms with Crippen molar-refractivity contribution in [2.45, 2.75) is 25.6 Å². The van der Waals surface area contributed by atoms with Crippen LogP contribution in [0.1, 0.15) is 18.1 Å². The maximum Gasteiger partial charge on any atom is 0.277 e. The summed E-state index contributed by atoms with van der Waals surface area (Å²) in [5.74, 6) is 0.799. The molecule has 1 amide bonds. The van der Waals surface area contributed by atoms with Gasteiger partial charge in [-0.25, -0.2) is 0 Å². The molecule has 0 aliphatic heterocycles. The van der Waals surface area contributed by atoms with E-state index in [1.807, 2.05) is 73.3 Å². The minimum Gasteiger partial charge on any atom is -0.411 e. The number of carbonyl (C=O) groups is 1. The Bertz CT molecular complexity index is 864. The van der Waals surface area contributed by atoms with Gasteiger partial charge in [0.05, 0.1) is 5.75 Å². The van der Waals surface area contributed by atoms with Crippen LogP contribution in [0.2, 0.25) is 0 Å². The molecule has 26 heavy (non-hydrogen) atoms. The van der Waals surface area contributed by atoms with Gasteiger partial charge in [-0.3, -0.25) is 4.79 Å². The van der Waals surface area contributed by atoms with E-state index in [4.69, 9.17) is 4.42 Å². The molecule has 1 heterocycles. The van der Waals surface area contributed by atoms with Crippen LogP contribution in [0.4, 0.5) is 0 Å². The lowest BCUT2D eigenvalue weighted by Gasteiger charge is -2.20. The molecule has 0 atom stereocenters. The molecule has 0 unspecified atom stereocenters. The third kappa shape index (κ3) is 4.73. The van der Waals surface area contributed by atoms with Crippen LogP contribution in [0.15, 0.2) is 64.2 Å². The monoisotopic (exact) mass is 367 g/mol. The maximum atomic E-state index is 12.5. The van der Waals surface area contributed by atoms with Gasteiger partial charge in [0.25, 0.3) is 5.22 Å². The molecular formula is C20H21N3O2S. The first kappa shape index (κ1) is 18.2. The van der Waals surface area contributed by atoms with Crippen LogP contribution in [0.5, 0.6) is 0 Å². The van der Waals surface area contributed by atoms with Crippen molar-refractivity contribution in [3.8, 4) is 11.5 Å². The van der Waals surface area contributed by atoms with Crippen molar-refractivity contribution in [1.29, 1.82) is 0 Å². The third-order valence-corrected chi connectivity index (χ3v) is 4.74. The van der Waals surface area contributed by atoms with Crippen molar-refractivity contribution in [1.82, 2.24) is 15.1 Å². The van der Waals surface area contributed by atoms with Gasteiger partial charge in [-0.2, -0.15) is 0 Å². The SMILES string of the molecule is CCN(Cc1ccccc1)C(=O)CSc1nnc(-c2cccc(C)c2)o1. The molecule has 0 saturated carbocycles. The zero-order chi connectivity index (χ0) is 18.4. The summed E-state index contributed by atoms with van der Waals surface area (Å²) in [5.41, 5.74) is 3.13. The first-order valence-corrected chi connectivity index (χ1v) is 9.49. The van der Waals surface area contributed by atoms with Gasteiger partial charge in [0.2, 0.25) is 11.8 Å². The average molecular weight is 367 g/mol. The van der Waals surface area contributed by atoms with Gasteiger partial charge in [-0.15, -0.1) is 10.2 Å². The molecular weight excluding hydrogens is 346 g/mol. The summed E-state index contributed by atoms with van der Waals surface area (Å²) < 4.78 is 5.68. The lowest BCUT2D eigenvalue weighted by molar-refractivity contribution is -0.128. The number of thioether (sulfide) groups is 1. The van der Waals surface area contributed by atoms with Crippen LogP contribution >= 0.6 is 11.8 Å². The highest BCUT2D eigenvalue weighted by Gasteiger charge is 2.15. The van der Waals surface area contributed by atoms with Gasteiger partial charge in [0.1, 0.15) is 0 Å². The molecule has 1 aromatic heterocycles. The number of aromatic nitrogens is 2. The number of nitrogens with zero attached hydrogens (tertiary/aromatic N) is 3. The maximum absolute atomic E-state index is 12.5. The molecule has 134 valence electrons. The Labute approximate surface area is 157 Å². The molecule has 0 aliphatic rings. The number of aryl methyl sites for hydroxylation is 1. The summed E-state index contributed by atoms with van der Waals surface area (Å²) in [5, 5.41) is 8.52. The van der Waals surface area contributed by atoms with Crippen molar-refractivity contribution >= 4 is 17.7 Å². The van der Waals surface area contributed by atoms with E-state index in [9.17, 15) is 4.79 Å². The van der Waals surface area contributed by atoms with Gasteiger partial charge in [0, 0.05) is 18.7 Å². The van der Waals surface area contributed by atoms with E-state index in [0.717, 1.165) is 16.7 Å². The van der Waals surface area contributed by atoms with Crippen LogP contribution < -0.4 is 0 Å². The van der Waals surface area contributed by atoms with Crippen molar-refractivity contribution in [3.05, 3.63) is 65.7 Å². The molecule has 3 rings (SSSR count). The van der Waals surface area contributed by atoms with E-state index in [1.165, 1.54) is 11.8 Å². The van der Waals surface area contributed by atoms with Crippen molar-refractivity contribution in [2.75, 3.05) is 12.3 Å². The zero-order valence-electron chi connectivity index (χ0n) is 14.9. The summed E-state index contributed by atoms with van der Waals surface area (Å²) in [6.45, 7) is 5.26. The summed E-state index contributed by atoms with van der Waals surface area (Å²) in [6, 6.07) is 17.9. The predicted molar refractivity (Wildman–Crippen MR) is 103 cm³/mol. The largest absolute Gasteiger partial charge is 0.411 e. The Balaban J connectivity index is 1.59. The fraction of sp³-hybridized carbons (Fsp3) is 0.250. The quantitative estimate of drug-likeness (QED) is 0.586. The zero-order valence-corrected chi connectivity index (χ0v) is 15.7. The molecule has 2 aromatic carbocycles. The molecule has 0 saturated heterocycles. The number of rotatable bonds is 7. The molecule has 0 bridgehead atoms. The highest BCUT2D eigenvalue weighted by atomic mass is 32.2. The van der Waals surface area contributed by atoms with E-state index in [2.05, 4.69) is 10.2 Å². The fourth-order valence-electron chi connectivity index (χ4n) is 2.56. The lowest BCUT2D eigenvalue weighted by atomic mass is 10.1. The van der Waals surface area contributed by atoms with E-state index < -0.39 is 0 Å². The number of benzene rings is 2. The molecule has 0 N–H and O–H groups in total. The highest BCUT2D eigenvalue weighted by Crippen LogP contribution is 2.24. The van der Waals surface area contributed by atoms with Crippen LogP contribution in [-0.4, -0.2) is 33.3 Å². The molecule has 0 fully saturated rings. The van der Waals surface area contributed by atoms with Gasteiger partial charge < -0.3 is 9.32 Å².